The van der Waals surface area contributed by atoms with Crippen LogP contribution in [0.5, 0.6) is 11.5 Å². The summed E-state index contributed by atoms with van der Waals surface area (Å²) in [6.45, 7) is 2.14. The van der Waals surface area contributed by atoms with Crippen LogP contribution in [0.2, 0.25) is 0 Å². The number of benzene rings is 2. The molecule has 4 rings (SSSR count). The lowest BCUT2D eigenvalue weighted by Gasteiger charge is -2.06. The molecular formula is C20H16O5. The number of furan rings is 1. The topological polar surface area (TPSA) is 61.8 Å². The molecule has 0 saturated carbocycles. The Morgan fingerprint density at radius 2 is 1.92 bits per heavy atom. The van der Waals surface area contributed by atoms with Crippen LogP contribution < -0.4 is 15.1 Å². The summed E-state index contributed by atoms with van der Waals surface area (Å²) in [5.74, 6) is 1.98. The molecule has 0 spiro atoms. The maximum atomic E-state index is 11.5. The van der Waals surface area contributed by atoms with E-state index < -0.39 is 0 Å². The third kappa shape index (κ3) is 2.85. The second kappa shape index (κ2) is 6.02. The van der Waals surface area contributed by atoms with Crippen molar-refractivity contribution in [2.24, 2.45) is 0 Å². The van der Waals surface area contributed by atoms with Crippen LogP contribution in [-0.2, 0) is 6.61 Å². The van der Waals surface area contributed by atoms with Crippen molar-refractivity contribution in [2.75, 3.05) is 7.11 Å². The van der Waals surface area contributed by atoms with Crippen molar-refractivity contribution in [3.8, 4) is 11.5 Å². The van der Waals surface area contributed by atoms with Gasteiger partial charge in [-0.1, -0.05) is 12.1 Å². The minimum absolute atomic E-state index is 0.263. The molecule has 126 valence electrons. The molecule has 4 aromatic rings. The van der Waals surface area contributed by atoms with Crippen molar-refractivity contribution in [3.05, 3.63) is 70.3 Å². The van der Waals surface area contributed by atoms with Gasteiger partial charge in [0.05, 0.1) is 7.11 Å². The van der Waals surface area contributed by atoms with Crippen LogP contribution in [0.15, 0.2) is 62.2 Å². The Morgan fingerprint density at radius 3 is 2.76 bits per heavy atom. The van der Waals surface area contributed by atoms with Crippen LogP contribution in [-0.4, -0.2) is 7.11 Å². The summed E-state index contributed by atoms with van der Waals surface area (Å²) in [5, 5.41) is 1.85. The Hall–Kier alpha value is -3.21. The van der Waals surface area contributed by atoms with Crippen LogP contribution in [0.4, 0.5) is 0 Å². The number of para-hydroxylation sites is 1. The number of fused-ring (bicyclic) bond motifs is 2. The smallest absolute Gasteiger partial charge is 0.336 e. The van der Waals surface area contributed by atoms with E-state index in [9.17, 15) is 4.79 Å². The van der Waals surface area contributed by atoms with E-state index in [-0.39, 0.29) is 12.2 Å². The van der Waals surface area contributed by atoms with Gasteiger partial charge in [-0.05, 0) is 36.8 Å². The fraction of sp³-hybridized carbons (Fsp3) is 0.150. The summed E-state index contributed by atoms with van der Waals surface area (Å²) < 4.78 is 22.1. The number of aryl methyl sites for hydroxylation is 1. The zero-order valence-electron chi connectivity index (χ0n) is 13.9. The molecule has 25 heavy (non-hydrogen) atoms. The molecule has 0 unspecified atom stereocenters. The number of hydrogen-bond acceptors (Lipinski definition) is 5. The number of rotatable bonds is 4. The van der Waals surface area contributed by atoms with E-state index in [0.29, 0.717) is 28.4 Å². The zero-order valence-corrected chi connectivity index (χ0v) is 13.9. The molecule has 2 aromatic heterocycles. The van der Waals surface area contributed by atoms with Crippen molar-refractivity contribution < 1.29 is 18.3 Å². The number of hydrogen-bond donors (Lipinski definition) is 0. The Labute approximate surface area is 143 Å². The lowest BCUT2D eigenvalue weighted by molar-refractivity contribution is 0.273. The van der Waals surface area contributed by atoms with Crippen LogP contribution >= 0.6 is 0 Å². The first-order valence-corrected chi connectivity index (χ1v) is 7.87. The Balaban J connectivity index is 1.61. The standard InChI is InChI=1S/C20H16O5/c1-12-8-19(21)25-18-10-14(6-7-16(12)18)23-11-15-9-13-4-3-5-17(22-2)20(13)24-15/h3-10H,11H2,1-2H3. The Kier molecular flexibility index (Phi) is 3.69. The fourth-order valence-electron chi connectivity index (χ4n) is 2.87. The van der Waals surface area contributed by atoms with Crippen LogP contribution in [0.25, 0.3) is 21.9 Å². The molecule has 2 aromatic carbocycles. The highest BCUT2D eigenvalue weighted by molar-refractivity contribution is 5.83. The van der Waals surface area contributed by atoms with E-state index in [2.05, 4.69) is 0 Å². The van der Waals surface area contributed by atoms with Crippen molar-refractivity contribution in [3.63, 3.8) is 0 Å². The predicted molar refractivity (Wildman–Crippen MR) is 94.3 cm³/mol. The Bertz CT molecular complexity index is 1120. The molecule has 0 atom stereocenters. The van der Waals surface area contributed by atoms with Crippen molar-refractivity contribution >= 4 is 21.9 Å². The molecule has 0 fully saturated rings. The average molecular weight is 336 g/mol. The van der Waals surface area contributed by atoms with E-state index in [4.69, 9.17) is 18.3 Å². The van der Waals surface area contributed by atoms with Crippen molar-refractivity contribution in [2.45, 2.75) is 13.5 Å². The van der Waals surface area contributed by atoms with Crippen LogP contribution in [0, 0.1) is 6.92 Å². The minimum Gasteiger partial charge on any atom is -0.493 e. The second-order valence-electron chi connectivity index (χ2n) is 5.79. The molecule has 0 amide bonds. The fourth-order valence-corrected chi connectivity index (χ4v) is 2.87. The van der Waals surface area contributed by atoms with Crippen LogP contribution in [0.3, 0.4) is 0 Å². The molecule has 2 heterocycles. The van der Waals surface area contributed by atoms with E-state index in [1.165, 1.54) is 6.07 Å². The van der Waals surface area contributed by atoms with Gasteiger partial charge in [0.2, 0.25) is 0 Å². The Morgan fingerprint density at radius 1 is 1.04 bits per heavy atom. The lowest BCUT2D eigenvalue weighted by Crippen LogP contribution is -1.98. The second-order valence-corrected chi connectivity index (χ2v) is 5.79. The summed E-state index contributed by atoms with van der Waals surface area (Å²) in [5.41, 5.74) is 1.71. The number of methoxy groups -OCH3 is 1. The molecule has 0 aliphatic heterocycles. The van der Waals surface area contributed by atoms with E-state index in [1.54, 1.807) is 13.2 Å². The molecule has 5 heteroatoms. The SMILES string of the molecule is COc1cccc2cc(COc3ccc4c(C)cc(=O)oc4c3)oc12. The first kappa shape index (κ1) is 15.3. The molecule has 0 bridgehead atoms. The highest BCUT2D eigenvalue weighted by atomic mass is 16.5. The minimum atomic E-state index is -0.369. The molecule has 0 aliphatic carbocycles. The molecule has 0 saturated heterocycles. The predicted octanol–water partition coefficient (Wildman–Crippen LogP) is 4.44. The van der Waals surface area contributed by atoms with Gasteiger partial charge in [-0.15, -0.1) is 0 Å². The van der Waals surface area contributed by atoms with Gasteiger partial charge in [-0.3, -0.25) is 0 Å². The first-order chi connectivity index (χ1) is 12.1. The average Bonchev–Trinajstić information content (AvgIpc) is 3.02. The molecule has 0 aliphatic rings. The lowest BCUT2D eigenvalue weighted by atomic mass is 10.1. The van der Waals surface area contributed by atoms with Gasteiger partial charge < -0.3 is 18.3 Å². The highest BCUT2D eigenvalue weighted by Gasteiger charge is 2.10. The maximum Gasteiger partial charge on any atom is 0.336 e. The van der Waals surface area contributed by atoms with E-state index in [0.717, 1.165) is 16.3 Å². The van der Waals surface area contributed by atoms with Gasteiger partial charge in [-0.2, -0.15) is 0 Å². The summed E-state index contributed by atoms with van der Waals surface area (Å²) in [4.78, 5) is 11.5. The van der Waals surface area contributed by atoms with Gasteiger partial charge in [0.25, 0.3) is 0 Å². The van der Waals surface area contributed by atoms with E-state index >= 15 is 0 Å². The molecule has 5 nitrogen and oxygen atoms in total. The maximum absolute atomic E-state index is 11.5. The van der Waals surface area contributed by atoms with Crippen molar-refractivity contribution in [1.29, 1.82) is 0 Å². The summed E-state index contributed by atoms with van der Waals surface area (Å²) in [6.07, 6.45) is 0. The summed E-state index contributed by atoms with van der Waals surface area (Å²) in [7, 11) is 1.61. The van der Waals surface area contributed by atoms with Gasteiger partial charge in [0, 0.05) is 22.9 Å². The van der Waals surface area contributed by atoms with Crippen LogP contribution in [0.1, 0.15) is 11.3 Å². The molecule has 0 N–H and O–H groups in total. The van der Waals surface area contributed by atoms with Gasteiger partial charge in [0.1, 0.15) is 23.7 Å². The monoisotopic (exact) mass is 336 g/mol. The van der Waals surface area contributed by atoms with Crippen molar-refractivity contribution in [1.82, 2.24) is 0 Å². The third-order valence-corrected chi connectivity index (χ3v) is 4.08. The zero-order chi connectivity index (χ0) is 17.4. The summed E-state index contributed by atoms with van der Waals surface area (Å²) >= 11 is 0. The van der Waals surface area contributed by atoms with Gasteiger partial charge in [0.15, 0.2) is 11.3 Å². The third-order valence-electron chi connectivity index (χ3n) is 4.08. The molecule has 0 radical (unpaired) electrons. The highest BCUT2D eigenvalue weighted by Crippen LogP contribution is 2.29. The number of ether oxygens (including phenoxy) is 2. The quantitative estimate of drug-likeness (QED) is 0.516. The summed E-state index contributed by atoms with van der Waals surface area (Å²) in [6, 6.07) is 14.6. The first-order valence-electron chi connectivity index (χ1n) is 7.87. The largest absolute Gasteiger partial charge is 0.493 e. The molecular weight excluding hydrogens is 320 g/mol. The van der Waals surface area contributed by atoms with Gasteiger partial charge in [-0.25, -0.2) is 4.79 Å². The van der Waals surface area contributed by atoms with E-state index in [1.807, 2.05) is 43.3 Å². The normalized spacial score (nSPS) is 11.1. The van der Waals surface area contributed by atoms with Gasteiger partial charge >= 0.3 is 5.63 Å².